The second-order valence-electron chi connectivity index (χ2n) is 7.83. The molecule has 0 amide bonds. The fourth-order valence-electron chi connectivity index (χ4n) is 5.06. The second-order valence-corrected chi connectivity index (χ2v) is 8.27. The predicted molar refractivity (Wildman–Crippen MR) is 109 cm³/mol. The Morgan fingerprint density at radius 3 is 2.59 bits per heavy atom. The predicted octanol–water partition coefficient (Wildman–Crippen LogP) is 4.71. The zero-order valence-corrected chi connectivity index (χ0v) is 16.2. The maximum Gasteiger partial charge on any atom is 0.213 e. The molecular formula is C22H24ClN3O. The quantitative estimate of drug-likeness (QED) is 0.770. The van der Waals surface area contributed by atoms with Gasteiger partial charge in [0.2, 0.25) is 5.90 Å². The van der Waals surface area contributed by atoms with Crippen molar-refractivity contribution < 1.29 is 4.74 Å². The van der Waals surface area contributed by atoms with Gasteiger partial charge in [-0.25, -0.2) is 5.01 Å². The third kappa shape index (κ3) is 3.01. The van der Waals surface area contributed by atoms with E-state index in [1.807, 2.05) is 35.3 Å². The molecule has 3 aliphatic heterocycles. The molecule has 0 aliphatic carbocycles. The molecule has 0 aromatic heterocycles. The Labute approximate surface area is 165 Å². The molecule has 0 radical (unpaired) electrons. The van der Waals surface area contributed by atoms with Crippen molar-refractivity contribution in [3.05, 3.63) is 65.2 Å². The molecule has 27 heavy (non-hydrogen) atoms. The Morgan fingerprint density at radius 2 is 1.81 bits per heavy atom. The average molecular weight is 382 g/mol. The number of fused-ring (bicyclic) bond motifs is 2. The van der Waals surface area contributed by atoms with E-state index in [0.717, 1.165) is 23.0 Å². The zero-order chi connectivity index (χ0) is 18.4. The van der Waals surface area contributed by atoms with Gasteiger partial charge in [0, 0.05) is 17.1 Å². The van der Waals surface area contributed by atoms with Gasteiger partial charge in [-0.2, -0.15) is 0 Å². The maximum atomic E-state index is 6.16. The minimum Gasteiger partial charge on any atom is -0.456 e. The van der Waals surface area contributed by atoms with Crippen LogP contribution in [0.4, 0.5) is 5.69 Å². The van der Waals surface area contributed by atoms with E-state index in [-0.39, 0.29) is 5.92 Å². The number of halogens is 1. The van der Waals surface area contributed by atoms with Crippen LogP contribution in [0.2, 0.25) is 5.02 Å². The molecule has 5 heteroatoms. The highest BCUT2D eigenvalue weighted by Gasteiger charge is 2.49. The number of anilines is 1. The van der Waals surface area contributed by atoms with Gasteiger partial charge < -0.3 is 4.74 Å². The van der Waals surface area contributed by atoms with E-state index in [1.54, 1.807) is 0 Å². The van der Waals surface area contributed by atoms with E-state index in [4.69, 9.17) is 21.4 Å². The van der Waals surface area contributed by atoms with Gasteiger partial charge in [-0.05, 0) is 62.1 Å². The van der Waals surface area contributed by atoms with Gasteiger partial charge in [0.05, 0.1) is 11.6 Å². The highest BCUT2D eigenvalue weighted by molar-refractivity contribution is 6.30. The molecule has 3 aliphatic rings. The van der Waals surface area contributed by atoms with Crippen LogP contribution in [0.5, 0.6) is 0 Å². The molecule has 2 aromatic carbocycles. The first-order valence-electron chi connectivity index (χ1n) is 9.72. The SMILES string of the molecule is CN1[C@H]2CC[C@@H]1[C@H](C1=NN(c3ccccc3)CO1)[C@@H](c1ccc(Cl)cc1)C2. The van der Waals surface area contributed by atoms with Crippen LogP contribution in [0.25, 0.3) is 0 Å². The minimum absolute atomic E-state index is 0.281. The first-order chi connectivity index (χ1) is 13.2. The lowest BCUT2D eigenvalue weighted by Crippen LogP contribution is -2.48. The summed E-state index contributed by atoms with van der Waals surface area (Å²) >= 11 is 6.13. The molecule has 2 saturated heterocycles. The van der Waals surface area contributed by atoms with Gasteiger partial charge in [0.1, 0.15) is 0 Å². The Bertz CT molecular complexity index is 838. The molecule has 2 bridgehead atoms. The van der Waals surface area contributed by atoms with Gasteiger partial charge in [-0.3, -0.25) is 4.90 Å². The Kier molecular flexibility index (Phi) is 4.33. The summed E-state index contributed by atoms with van der Waals surface area (Å²) in [6, 6.07) is 19.7. The fraction of sp³-hybridized carbons (Fsp3) is 0.409. The van der Waals surface area contributed by atoms with E-state index in [9.17, 15) is 0 Å². The smallest absolute Gasteiger partial charge is 0.213 e. The van der Waals surface area contributed by atoms with Crippen LogP contribution in [0.3, 0.4) is 0 Å². The van der Waals surface area contributed by atoms with Crippen molar-refractivity contribution in [2.45, 2.75) is 37.3 Å². The van der Waals surface area contributed by atoms with Crippen molar-refractivity contribution in [3.8, 4) is 0 Å². The Hall–Kier alpha value is -2.04. The fourth-order valence-corrected chi connectivity index (χ4v) is 5.18. The van der Waals surface area contributed by atoms with Crippen molar-refractivity contribution in [1.29, 1.82) is 0 Å². The molecule has 0 N–H and O–H groups in total. The average Bonchev–Trinajstić information content (AvgIpc) is 3.26. The normalized spacial score (nSPS) is 30.3. The summed E-state index contributed by atoms with van der Waals surface area (Å²) in [6.45, 7) is 0.489. The first kappa shape index (κ1) is 17.1. The lowest BCUT2D eigenvalue weighted by Gasteiger charge is -2.42. The van der Waals surface area contributed by atoms with E-state index in [2.05, 4.69) is 36.2 Å². The van der Waals surface area contributed by atoms with Gasteiger partial charge in [-0.15, -0.1) is 5.10 Å². The number of ether oxygens (including phenoxy) is 1. The number of hydrazone groups is 1. The number of rotatable bonds is 3. The standard InChI is InChI=1S/C22H24ClN3O/c1-25-18-11-12-20(25)21(19(13-18)15-7-9-16(23)10-8-15)22-24-26(14-27-22)17-5-3-2-4-6-17/h2-10,18-21H,11-14H2,1H3/t18-,19+,20+,21+/m0/s1. The van der Waals surface area contributed by atoms with Crippen LogP contribution in [0, 0.1) is 5.92 Å². The summed E-state index contributed by atoms with van der Waals surface area (Å²) in [5.74, 6) is 1.59. The minimum atomic E-state index is 0.281. The van der Waals surface area contributed by atoms with Crippen LogP contribution < -0.4 is 5.01 Å². The summed E-state index contributed by atoms with van der Waals surface area (Å²) in [5.41, 5.74) is 2.42. The molecule has 0 spiro atoms. The van der Waals surface area contributed by atoms with Crippen LogP contribution in [0.1, 0.15) is 30.7 Å². The van der Waals surface area contributed by atoms with Crippen LogP contribution in [0.15, 0.2) is 59.7 Å². The highest BCUT2D eigenvalue weighted by atomic mass is 35.5. The van der Waals surface area contributed by atoms with Crippen LogP contribution >= 0.6 is 11.6 Å². The van der Waals surface area contributed by atoms with Crippen molar-refractivity contribution in [2.24, 2.45) is 11.0 Å². The molecule has 2 fully saturated rings. The molecular weight excluding hydrogens is 358 g/mol. The lowest BCUT2D eigenvalue weighted by molar-refractivity contribution is 0.119. The number of nitrogens with zero attached hydrogens (tertiary/aromatic N) is 3. The van der Waals surface area contributed by atoms with Gasteiger partial charge in [-0.1, -0.05) is 41.9 Å². The van der Waals surface area contributed by atoms with Gasteiger partial charge in [0.25, 0.3) is 0 Å². The largest absolute Gasteiger partial charge is 0.456 e. The molecule has 4 nitrogen and oxygen atoms in total. The molecule has 4 atom stereocenters. The molecule has 5 rings (SSSR count). The second kappa shape index (κ2) is 6.84. The van der Waals surface area contributed by atoms with E-state index < -0.39 is 0 Å². The summed E-state index contributed by atoms with van der Waals surface area (Å²) < 4.78 is 6.16. The first-order valence-corrected chi connectivity index (χ1v) is 10.1. The van der Waals surface area contributed by atoms with Gasteiger partial charge >= 0.3 is 0 Å². The third-order valence-corrected chi connectivity index (χ3v) is 6.71. The lowest BCUT2D eigenvalue weighted by atomic mass is 9.76. The third-order valence-electron chi connectivity index (χ3n) is 6.46. The van der Waals surface area contributed by atoms with Crippen LogP contribution in [-0.4, -0.2) is 36.7 Å². The summed E-state index contributed by atoms with van der Waals surface area (Å²) in [7, 11) is 2.26. The van der Waals surface area contributed by atoms with E-state index in [0.29, 0.717) is 24.7 Å². The van der Waals surface area contributed by atoms with E-state index >= 15 is 0 Å². The Balaban J connectivity index is 1.50. The number of hydrogen-bond donors (Lipinski definition) is 0. The molecule has 3 heterocycles. The van der Waals surface area contributed by atoms with Crippen molar-refractivity contribution in [1.82, 2.24) is 4.90 Å². The summed E-state index contributed by atoms with van der Waals surface area (Å²) in [5, 5.41) is 7.66. The molecule has 140 valence electrons. The molecule has 2 aromatic rings. The van der Waals surface area contributed by atoms with Crippen molar-refractivity contribution >= 4 is 23.2 Å². The van der Waals surface area contributed by atoms with Gasteiger partial charge in [0.15, 0.2) is 6.73 Å². The molecule has 0 unspecified atom stereocenters. The number of benzene rings is 2. The monoisotopic (exact) mass is 381 g/mol. The summed E-state index contributed by atoms with van der Waals surface area (Å²) in [4.78, 5) is 2.55. The van der Waals surface area contributed by atoms with Crippen molar-refractivity contribution in [2.75, 3.05) is 18.8 Å². The maximum absolute atomic E-state index is 6.16. The van der Waals surface area contributed by atoms with Crippen molar-refractivity contribution in [3.63, 3.8) is 0 Å². The topological polar surface area (TPSA) is 28.1 Å². The number of piperidine rings is 1. The van der Waals surface area contributed by atoms with E-state index in [1.165, 1.54) is 18.4 Å². The molecule has 0 saturated carbocycles. The van der Waals surface area contributed by atoms with Crippen LogP contribution in [-0.2, 0) is 4.74 Å². The summed E-state index contributed by atoms with van der Waals surface area (Å²) in [6.07, 6.45) is 3.62. The highest BCUT2D eigenvalue weighted by Crippen LogP contribution is 2.47. The number of hydrogen-bond acceptors (Lipinski definition) is 4. The Morgan fingerprint density at radius 1 is 1.04 bits per heavy atom. The number of para-hydroxylation sites is 1. The zero-order valence-electron chi connectivity index (χ0n) is 15.5.